The van der Waals surface area contributed by atoms with E-state index in [1.807, 2.05) is 177 Å². The molecule has 10 rings (SSSR count). The summed E-state index contributed by atoms with van der Waals surface area (Å²) in [5.74, 6) is 1.69. The summed E-state index contributed by atoms with van der Waals surface area (Å²) in [6.07, 6.45) is 11.3. The zero-order valence-corrected chi connectivity index (χ0v) is 44.8. The van der Waals surface area contributed by atoms with Crippen molar-refractivity contribution in [2.24, 2.45) is 0 Å². The fourth-order valence-electron chi connectivity index (χ4n) is 8.51. The van der Waals surface area contributed by atoms with E-state index in [2.05, 4.69) is 72.8 Å². The highest BCUT2D eigenvalue weighted by Gasteiger charge is 2.15. The molecule has 0 amide bonds. The molecule has 72 heavy (non-hydrogen) atoms. The molecule has 0 spiro atoms. The van der Waals surface area contributed by atoms with Gasteiger partial charge in [-0.3, -0.25) is 9.59 Å². The predicted molar refractivity (Wildman–Crippen MR) is 309 cm³/mol. The maximum atomic E-state index is 12.7. The lowest BCUT2D eigenvalue weighted by molar-refractivity contribution is 0.103. The van der Waals surface area contributed by atoms with Crippen LogP contribution in [-0.2, 0) is 12.8 Å². The van der Waals surface area contributed by atoms with Gasteiger partial charge in [-0.1, -0.05) is 86.3 Å². The van der Waals surface area contributed by atoms with Crippen LogP contribution in [0.4, 0.5) is 0 Å². The number of ether oxygens (including phenoxy) is 2. The number of carbonyl (C=O) groups excluding carboxylic acids is 2. The maximum Gasteiger partial charge on any atom is 0.193 e. The molecule has 6 aromatic heterocycles. The molecule has 0 saturated carbocycles. The molecule has 0 bridgehead atoms. The van der Waals surface area contributed by atoms with Crippen LogP contribution in [0.15, 0.2) is 182 Å². The minimum Gasteiger partial charge on any atom is -0.494 e. The molecule has 0 saturated heterocycles. The van der Waals surface area contributed by atoms with Crippen molar-refractivity contribution < 1.29 is 19.1 Å². The Morgan fingerprint density at radius 3 is 0.889 bits per heavy atom. The van der Waals surface area contributed by atoms with E-state index >= 15 is 0 Å². The molecule has 0 atom stereocenters. The van der Waals surface area contributed by atoms with Crippen molar-refractivity contribution in [1.29, 1.82) is 0 Å². The van der Waals surface area contributed by atoms with Gasteiger partial charge in [0.05, 0.1) is 13.2 Å². The van der Waals surface area contributed by atoms with Gasteiger partial charge in [0.1, 0.15) is 11.5 Å². The molecular weight excluding hydrogens is 1000 g/mol. The molecule has 362 valence electrons. The molecule has 10 heteroatoms. The van der Waals surface area contributed by atoms with Crippen LogP contribution in [0.3, 0.4) is 0 Å². The van der Waals surface area contributed by atoms with Gasteiger partial charge in [-0.2, -0.15) is 0 Å². The molecule has 0 fully saturated rings. The molecule has 0 aliphatic rings. The van der Waals surface area contributed by atoms with Crippen LogP contribution in [0.25, 0.3) is 48.8 Å². The van der Waals surface area contributed by atoms with Crippen LogP contribution in [-0.4, -0.2) is 24.8 Å². The fourth-order valence-corrected chi connectivity index (χ4v) is 15.1. The van der Waals surface area contributed by atoms with Gasteiger partial charge in [-0.15, -0.1) is 68.0 Å². The van der Waals surface area contributed by atoms with E-state index in [1.54, 1.807) is 0 Å². The number of ketones is 2. The molecule has 0 N–H and O–H groups in total. The Hall–Kier alpha value is -5.98. The van der Waals surface area contributed by atoms with E-state index in [0.29, 0.717) is 35.5 Å². The number of rotatable bonds is 25. The molecule has 0 aliphatic heterocycles. The van der Waals surface area contributed by atoms with Crippen molar-refractivity contribution in [2.75, 3.05) is 13.2 Å². The van der Waals surface area contributed by atoms with E-state index < -0.39 is 0 Å². The molecule has 0 unspecified atom stereocenters. The lowest BCUT2D eigenvalue weighted by Crippen LogP contribution is -2.01. The predicted octanol–water partition coefficient (Wildman–Crippen LogP) is 19.2. The first kappa shape index (κ1) is 49.6. The number of hydrogen-bond donors (Lipinski definition) is 0. The topological polar surface area (TPSA) is 52.6 Å². The Balaban J connectivity index is 0.621. The summed E-state index contributed by atoms with van der Waals surface area (Å²) in [5.41, 5.74) is 2.76. The van der Waals surface area contributed by atoms with Crippen LogP contribution in [0.5, 0.6) is 11.5 Å². The highest BCUT2D eigenvalue weighted by Crippen LogP contribution is 2.46. The quantitative estimate of drug-likeness (QED) is 0.0423. The monoisotopic (exact) mass is 1050 g/mol. The molecule has 10 aromatic rings. The van der Waals surface area contributed by atoms with Gasteiger partial charge < -0.3 is 9.47 Å². The fraction of sp³-hybridized carbons (Fsp3) is 0.194. The number of thiophene rings is 6. The van der Waals surface area contributed by atoms with Gasteiger partial charge in [0, 0.05) is 80.8 Å². The van der Waals surface area contributed by atoms with E-state index in [0.717, 1.165) is 50.0 Å². The Morgan fingerprint density at radius 1 is 0.278 bits per heavy atom. The van der Waals surface area contributed by atoms with E-state index in [-0.39, 0.29) is 11.6 Å². The van der Waals surface area contributed by atoms with Crippen LogP contribution >= 0.6 is 68.0 Å². The summed E-state index contributed by atoms with van der Waals surface area (Å²) in [7, 11) is 0. The Morgan fingerprint density at radius 2 is 0.556 bits per heavy atom. The second kappa shape index (κ2) is 24.6. The van der Waals surface area contributed by atoms with Gasteiger partial charge in [-0.05, 0) is 160 Å². The Bertz CT molecular complexity index is 3070. The first-order chi connectivity index (χ1) is 35.5. The molecule has 4 aromatic carbocycles. The Labute approximate surface area is 446 Å². The van der Waals surface area contributed by atoms with Gasteiger partial charge in [-0.25, -0.2) is 0 Å². The van der Waals surface area contributed by atoms with E-state index in [9.17, 15) is 9.59 Å². The van der Waals surface area contributed by atoms with Gasteiger partial charge in [0.25, 0.3) is 0 Å². The van der Waals surface area contributed by atoms with Crippen molar-refractivity contribution in [3.63, 3.8) is 0 Å². The van der Waals surface area contributed by atoms with Crippen molar-refractivity contribution in [3.8, 4) is 60.3 Å². The van der Waals surface area contributed by atoms with Gasteiger partial charge in [0.15, 0.2) is 11.6 Å². The molecule has 0 aliphatic carbocycles. The minimum absolute atomic E-state index is 0.0324. The lowest BCUT2D eigenvalue weighted by Gasteiger charge is -2.07. The van der Waals surface area contributed by atoms with E-state index in [4.69, 9.17) is 9.47 Å². The second-order valence-corrected chi connectivity index (χ2v) is 24.3. The Kier molecular flexibility index (Phi) is 17.0. The molecular formula is C62H54O4S6. The summed E-state index contributed by atoms with van der Waals surface area (Å²) < 4.78 is 11.9. The van der Waals surface area contributed by atoms with Crippen molar-refractivity contribution >= 4 is 79.6 Å². The van der Waals surface area contributed by atoms with Crippen LogP contribution in [0, 0.1) is 0 Å². The minimum atomic E-state index is 0.0324. The molecule has 0 radical (unpaired) electrons. The molecule has 4 nitrogen and oxygen atoms in total. The highest BCUT2D eigenvalue weighted by molar-refractivity contribution is 7.30. The van der Waals surface area contributed by atoms with Gasteiger partial charge in [0.2, 0.25) is 0 Å². The third-order valence-corrected chi connectivity index (χ3v) is 20.0. The largest absolute Gasteiger partial charge is 0.494 e. The summed E-state index contributed by atoms with van der Waals surface area (Å²) in [5, 5.41) is 0. The zero-order valence-electron chi connectivity index (χ0n) is 39.9. The first-order valence-electron chi connectivity index (χ1n) is 24.7. The SMILES string of the molecule is O=C(c1ccccc1)c1ccc(OCCCCCCc2ccc(-c3ccc(-c4ccc(-c5ccc(-c6ccc(-c7ccc(CCCCCCOc8ccc(C(=O)c9ccccc9)cc8)s7)s6)s5)s4)s3)s2)cc1. The van der Waals surface area contributed by atoms with Gasteiger partial charge >= 0.3 is 0 Å². The normalized spacial score (nSPS) is 11.3. The lowest BCUT2D eigenvalue weighted by atomic mass is 10.0. The third-order valence-electron chi connectivity index (χ3n) is 12.4. The molecule has 6 heterocycles. The number of hydrogen-bond acceptors (Lipinski definition) is 10. The number of aryl methyl sites for hydroxylation is 2. The standard InChI is InChI=1S/C62H54O4S6/c63-61(43-15-7-5-8-16-43)45-21-25-47(26-22-45)65-41-13-3-1-11-19-49-29-31-51(67-49)53-33-35-55(69-53)57-37-39-59(71-57)60-40-38-58(72-60)56-36-34-54(70-56)52-32-30-50(68-52)20-12-2-4-14-42-66-48-27-23-46(24-28-48)62(64)44-17-9-6-10-18-44/h5-10,15-18,21-40H,1-4,11-14,19-20,41-42H2. The second-order valence-electron chi connectivity index (χ2n) is 17.7. The number of unbranched alkanes of at least 4 members (excludes halogenated alkanes) is 6. The van der Waals surface area contributed by atoms with Crippen LogP contribution in [0.1, 0.15) is 93.0 Å². The average Bonchev–Trinajstić information content (AvgIpc) is 4.29. The summed E-state index contributed by atoms with van der Waals surface area (Å²) in [4.78, 5) is 41.6. The summed E-state index contributed by atoms with van der Waals surface area (Å²) in [6, 6.07) is 61.3. The van der Waals surface area contributed by atoms with E-state index in [1.165, 1.54) is 84.2 Å². The number of benzene rings is 4. The number of carbonyl (C=O) groups is 2. The summed E-state index contributed by atoms with van der Waals surface area (Å²) >= 11 is 11.4. The maximum absolute atomic E-state index is 12.7. The summed E-state index contributed by atoms with van der Waals surface area (Å²) in [6.45, 7) is 1.37. The zero-order chi connectivity index (χ0) is 48.9. The van der Waals surface area contributed by atoms with Crippen molar-refractivity contribution in [3.05, 3.63) is 214 Å². The average molecular weight is 1060 g/mol. The van der Waals surface area contributed by atoms with Crippen molar-refractivity contribution in [1.82, 2.24) is 0 Å². The first-order valence-corrected chi connectivity index (χ1v) is 29.6. The third kappa shape index (κ3) is 13.0. The van der Waals surface area contributed by atoms with Crippen molar-refractivity contribution in [2.45, 2.75) is 64.2 Å². The highest BCUT2D eigenvalue weighted by atomic mass is 32.1. The smallest absolute Gasteiger partial charge is 0.193 e. The van der Waals surface area contributed by atoms with Crippen LogP contribution < -0.4 is 9.47 Å². The van der Waals surface area contributed by atoms with Crippen LogP contribution in [0.2, 0.25) is 0 Å².